The van der Waals surface area contributed by atoms with E-state index in [4.69, 9.17) is 0 Å². The van der Waals surface area contributed by atoms with E-state index in [-0.39, 0.29) is 5.60 Å². The molecule has 0 amide bonds. The van der Waals surface area contributed by atoms with Crippen LogP contribution in [0.5, 0.6) is 0 Å². The van der Waals surface area contributed by atoms with Gasteiger partial charge in [0.1, 0.15) is 0 Å². The molecule has 0 aromatic heterocycles. The van der Waals surface area contributed by atoms with Crippen LogP contribution in [-0.4, -0.2) is 35.2 Å². The SMILES string of the molecule is C=C(C)CCN1CC(O)(CC)C1. The summed E-state index contributed by atoms with van der Waals surface area (Å²) < 4.78 is 0. The monoisotopic (exact) mass is 169 g/mol. The molecule has 2 nitrogen and oxygen atoms in total. The number of β-amino-alcohol motifs (C(OH)–C–C–N with tert-alkyl or cyclic N) is 1. The average Bonchev–Trinajstić information content (AvgIpc) is 1.95. The fourth-order valence-corrected chi connectivity index (χ4v) is 1.52. The topological polar surface area (TPSA) is 23.5 Å². The molecule has 1 aliphatic heterocycles. The quantitative estimate of drug-likeness (QED) is 0.643. The normalized spacial score (nSPS) is 21.9. The van der Waals surface area contributed by atoms with E-state index in [0.717, 1.165) is 32.5 Å². The van der Waals surface area contributed by atoms with Gasteiger partial charge >= 0.3 is 0 Å². The summed E-state index contributed by atoms with van der Waals surface area (Å²) >= 11 is 0. The summed E-state index contributed by atoms with van der Waals surface area (Å²) in [4.78, 5) is 2.28. The predicted molar refractivity (Wildman–Crippen MR) is 51.1 cm³/mol. The molecule has 0 unspecified atom stereocenters. The smallest absolute Gasteiger partial charge is 0.0897 e. The summed E-state index contributed by atoms with van der Waals surface area (Å²) in [6.07, 6.45) is 1.93. The van der Waals surface area contributed by atoms with Crippen LogP contribution in [0.1, 0.15) is 26.7 Å². The highest BCUT2D eigenvalue weighted by molar-refractivity contribution is 4.97. The molecule has 70 valence electrons. The highest BCUT2D eigenvalue weighted by atomic mass is 16.3. The Morgan fingerprint density at radius 3 is 2.58 bits per heavy atom. The molecule has 0 saturated carbocycles. The van der Waals surface area contributed by atoms with E-state index in [1.165, 1.54) is 5.57 Å². The Balaban J connectivity index is 2.13. The summed E-state index contributed by atoms with van der Waals surface area (Å²) in [6.45, 7) is 10.7. The zero-order chi connectivity index (χ0) is 9.19. The minimum atomic E-state index is -0.380. The van der Waals surface area contributed by atoms with Crippen LogP contribution in [0.3, 0.4) is 0 Å². The van der Waals surface area contributed by atoms with E-state index in [1.54, 1.807) is 0 Å². The van der Waals surface area contributed by atoms with Gasteiger partial charge < -0.3 is 5.11 Å². The molecule has 0 atom stereocenters. The molecule has 12 heavy (non-hydrogen) atoms. The third-order valence-electron chi connectivity index (χ3n) is 2.55. The van der Waals surface area contributed by atoms with Crippen molar-refractivity contribution in [1.82, 2.24) is 4.90 Å². The molecule has 0 aromatic rings. The Labute approximate surface area is 74.9 Å². The van der Waals surface area contributed by atoms with Gasteiger partial charge in [-0.2, -0.15) is 0 Å². The molecular weight excluding hydrogens is 150 g/mol. The highest BCUT2D eigenvalue weighted by Gasteiger charge is 2.38. The largest absolute Gasteiger partial charge is 0.387 e. The summed E-state index contributed by atoms with van der Waals surface area (Å²) in [7, 11) is 0. The predicted octanol–water partition coefficient (Wildman–Crippen LogP) is 1.41. The van der Waals surface area contributed by atoms with Crippen LogP contribution in [-0.2, 0) is 0 Å². The van der Waals surface area contributed by atoms with Gasteiger partial charge in [-0.25, -0.2) is 0 Å². The number of hydrogen-bond donors (Lipinski definition) is 1. The molecule has 0 spiro atoms. The number of nitrogens with zero attached hydrogens (tertiary/aromatic N) is 1. The van der Waals surface area contributed by atoms with Crippen LogP contribution in [0.4, 0.5) is 0 Å². The van der Waals surface area contributed by atoms with Gasteiger partial charge in [0.25, 0.3) is 0 Å². The van der Waals surface area contributed by atoms with Crippen molar-refractivity contribution >= 4 is 0 Å². The summed E-state index contributed by atoms with van der Waals surface area (Å²) in [5.74, 6) is 0. The fraction of sp³-hybridized carbons (Fsp3) is 0.800. The highest BCUT2D eigenvalue weighted by Crippen LogP contribution is 2.24. The van der Waals surface area contributed by atoms with Crippen molar-refractivity contribution in [3.05, 3.63) is 12.2 Å². The van der Waals surface area contributed by atoms with Gasteiger partial charge in [-0.05, 0) is 19.8 Å². The number of hydrogen-bond acceptors (Lipinski definition) is 2. The Morgan fingerprint density at radius 1 is 1.58 bits per heavy atom. The van der Waals surface area contributed by atoms with Crippen molar-refractivity contribution < 1.29 is 5.11 Å². The van der Waals surface area contributed by atoms with Crippen molar-refractivity contribution in [3.8, 4) is 0 Å². The van der Waals surface area contributed by atoms with Crippen LogP contribution in [0.2, 0.25) is 0 Å². The maximum atomic E-state index is 9.69. The van der Waals surface area contributed by atoms with Gasteiger partial charge in [-0.3, -0.25) is 4.90 Å². The van der Waals surface area contributed by atoms with E-state index < -0.39 is 0 Å². The van der Waals surface area contributed by atoms with Gasteiger partial charge in [0, 0.05) is 19.6 Å². The lowest BCUT2D eigenvalue weighted by molar-refractivity contribution is -0.0986. The maximum Gasteiger partial charge on any atom is 0.0897 e. The molecule has 1 heterocycles. The zero-order valence-corrected chi connectivity index (χ0v) is 8.14. The zero-order valence-electron chi connectivity index (χ0n) is 8.14. The van der Waals surface area contributed by atoms with Gasteiger partial charge in [0.05, 0.1) is 5.60 Å². The lowest BCUT2D eigenvalue weighted by Gasteiger charge is -2.46. The van der Waals surface area contributed by atoms with Crippen LogP contribution in [0.25, 0.3) is 0 Å². The van der Waals surface area contributed by atoms with Crippen LogP contribution in [0, 0.1) is 0 Å². The minimum absolute atomic E-state index is 0.380. The van der Waals surface area contributed by atoms with E-state index in [1.807, 2.05) is 13.8 Å². The molecule has 1 rings (SSSR count). The van der Waals surface area contributed by atoms with E-state index >= 15 is 0 Å². The Bertz CT molecular complexity index is 171. The van der Waals surface area contributed by atoms with Crippen molar-refractivity contribution in [3.63, 3.8) is 0 Å². The number of aliphatic hydroxyl groups is 1. The van der Waals surface area contributed by atoms with E-state index in [2.05, 4.69) is 11.5 Å². The maximum absolute atomic E-state index is 9.69. The lowest BCUT2D eigenvalue weighted by Crippen LogP contribution is -2.61. The standard InChI is InChI=1S/C10H19NO/c1-4-10(12)7-11(8-10)6-5-9(2)3/h12H,2,4-8H2,1,3H3. The van der Waals surface area contributed by atoms with Crippen molar-refractivity contribution in [2.75, 3.05) is 19.6 Å². The summed E-state index contributed by atoms with van der Waals surface area (Å²) in [6, 6.07) is 0. The van der Waals surface area contributed by atoms with Gasteiger partial charge in [-0.15, -0.1) is 6.58 Å². The first kappa shape index (κ1) is 9.75. The second kappa shape index (κ2) is 3.58. The molecular formula is C10H19NO. The third kappa shape index (κ3) is 2.32. The van der Waals surface area contributed by atoms with Gasteiger partial charge in [0.2, 0.25) is 0 Å². The second-order valence-electron chi connectivity index (χ2n) is 4.00. The number of rotatable bonds is 4. The van der Waals surface area contributed by atoms with Crippen LogP contribution >= 0.6 is 0 Å². The molecule has 2 heteroatoms. The van der Waals surface area contributed by atoms with E-state index in [9.17, 15) is 5.11 Å². The molecule has 0 aliphatic carbocycles. The van der Waals surface area contributed by atoms with Crippen molar-refractivity contribution in [2.45, 2.75) is 32.3 Å². The summed E-state index contributed by atoms with van der Waals surface area (Å²) in [5, 5.41) is 9.69. The van der Waals surface area contributed by atoms with Crippen LogP contribution in [0.15, 0.2) is 12.2 Å². The molecule has 1 fully saturated rings. The minimum Gasteiger partial charge on any atom is -0.387 e. The molecule has 0 bridgehead atoms. The first-order chi connectivity index (χ1) is 5.56. The molecule has 0 radical (unpaired) electrons. The fourth-order valence-electron chi connectivity index (χ4n) is 1.52. The van der Waals surface area contributed by atoms with Gasteiger partial charge in [-0.1, -0.05) is 12.5 Å². The second-order valence-corrected chi connectivity index (χ2v) is 4.00. The Hall–Kier alpha value is -0.340. The average molecular weight is 169 g/mol. The molecule has 1 N–H and O–H groups in total. The van der Waals surface area contributed by atoms with E-state index in [0.29, 0.717) is 0 Å². The van der Waals surface area contributed by atoms with Crippen molar-refractivity contribution in [1.29, 1.82) is 0 Å². The first-order valence-corrected chi connectivity index (χ1v) is 4.65. The molecule has 1 saturated heterocycles. The number of likely N-dealkylation sites (tertiary alicyclic amines) is 1. The Morgan fingerprint density at radius 2 is 2.17 bits per heavy atom. The summed E-state index contributed by atoms with van der Waals surface area (Å²) in [5.41, 5.74) is 0.844. The van der Waals surface area contributed by atoms with Gasteiger partial charge in [0.15, 0.2) is 0 Å². The Kier molecular flexibility index (Phi) is 2.91. The molecule has 0 aromatic carbocycles. The lowest BCUT2D eigenvalue weighted by atomic mass is 9.91. The molecule has 1 aliphatic rings. The third-order valence-corrected chi connectivity index (χ3v) is 2.55. The van der Waals surface area contributed by atoms with Crippen molar-refractivity contribution in [2.24, 2.45) is 0 Å². The van der Waals surface area contributed by atoms with Crippen LogP contribution < -0.4 is 0 Å². The first-order valence-electron chi connectivity index (χ1n) is 4.65.